The van der Waals surface area contributed by atoms with Crippen LogP contribution in [0.1, 0.15) is 26.1 Å². The molecule has 1 atom stereocenters. The van der Waals surface area contributed by atoms with Crippen LogP contribution < -0.4 is 5.32 Å². The topological polar surface area (TPSA) is 75.9 Å². The zero-order chi connectivity index (χ0) is 19.1. The summed E-state index contributed by atoms with van der Waals surface area (Å²) in [4.78, 5) is 14.8. The van der Waals surface area contributed by atoms with Crippen LogP contribution in [0, 0.1) is 0 Å². The van der Waals surface area contributed by atoms with Crippen molar-refractivity contribution in [3.05, 3.63) is 66.5 Å². The van der Waals surface area contributed by atoms with Gasteiger partial charge in [-0.15, -0.1) is 5.10 Å². The predicted molar refractivity (Wildman–Crippen MR) is 104 cm³/mol. The monoisotopic (exact) mass is 364 g/mol. The molecular weight excluding hydrogens is 340 g/mol. The largest absolute Gasteiger partial charge is 0.325 e. The van der Waals surface area contributed by atoms with Gasteiger partial charge in [0, 0.05) is 5.69 Å². The second-order valence-corrected chi connectivity index (χ2v) is 6.34. The third-order valence-electron chi connectivity index (χ3n) is 4.36. The lowest BCUT2D eigenvalue weighted by atomic mass is 10.2. The van der Waals surface area contributed by atoms with Gasteiger partial charge in [0.2, 0.25) is 5.91 Å². The minimum absolute atomic E-state index is 0.0478. The lowest BCUT2D eigenvalue weighted by Gasteiger charge is -2.27. The van der Waals surface area contributed by atoms with E-state index in [2.05, 4.69) is 32.7 Å². The van der Waals surface area contributed by atoms with E-state index in [1.807, 2.05) is 67.6 Å². The molecule has 0 bridgehead atoms. The Bertz CT molecular complexity index is 849. The molecule has 0 aliphatic carbocycles. The normalized spacial score (nSPS) is 12.1. The number of benzene rings is 2. The molecule has 140 valence electrons. The number of hydrogen-bond acceptors (Lipinski definition) is 5. The Morgan fingerprint density at radius 2 is 1.78 bits per heavy atom. The molecular formula is C20H24N6O. The van der Waals surface area contributed by atoms with Crippen LogP contribution in [0.15, 0.2) is 60.7 Å². The fraction of sp³-hybridized carbons (Fsp3) is 0.300. The minimum Gasteiger partial charge on any atom is -0.325 e. The maximum absolute atomic E-state index is 12.7. The van der Waals surface area contributed by atoms with Gasteiger partial charge < -0.3 is 5.32 Å². The molecule has 1 N–H and O–H groups in total. The summed E-state index contributed by atoms with van der Waals surface area (Å²) < 4.78 is 1.71. The number of amides is 1. The van der Waals surface area contributed by atoms with Gasteiger partial charge in [-0.25, -0.2) is 0 Å². The molecule has 2 aromatic carbocycles. The van der Waals surface area contributed by atoms with Gasteiger partial charge in [-0.3, -0.25) is 9.69 Å². The van der Waals surface area contributed by atoms with E-state index < -0.39 is 0 Å². The highest BCUT2D eigenvalue weighted by atomic mass is 16.2. The van der Waals surface area contributed by atoms with Crippen LogP contribution in [0.4, 0.5) is 5.69 Å². The van der Waals surface area contributed by atoms with E-state index in [0.29, 0.717) is 12.4 Å². The summed E-state index contributed by atoms with van der Waals surface area (Å²) in [5.41, 5.74) is 1.69. The average molecular weight is 364 g/mol. The second-order valence-electron chi connectivity index (χ2n) is 6.34. The molecule has 0 fully saturated rings. The highest BCUT2D eigenvalue weighted by molar-refractivity contribution is 5.94. The number of carbonyl (C=O) groups excluding carboxylic acids is 1. The Morgan fingerprint density at radius 1 is 1.11 bits per heavy atom. The number of tetrazole rings is 1. The van der Waals surface area contributed by atoms with Crippen molar-refractivity contribution < 1.29 is 4.79 Å². The van der Waals surface area contributed by atoms with Gasteiger partial charge >= 0.3 is 0 Å². The quantitative estimate of drug-likeness (QED) is 0.665. The Kier molecular flexibility index (Phi) is 6.27. The number of carbonyl (C=O) groups is 1. The fourth-order valence-electron chi connectivity index (χ4n) is 2.89. The lowest BCUT2D eigenvalue weighted by molar-refractivity contribution is -0.121. The van der Waals surface area contributed by atoms with Crippen molar-refractivity contribution in [2.45, 2.75) is 32.9 Å². The smallest absolute Gasteiger partial charge is 0.241 e. The number of aromatic nitrogens is 4. The number of nitrogens with one attached hydrogen (secondary N) is 1. The molecule has 1 amide bonds. The molecule has 0 radical (unpaired) electrons. The van der Waals surface area contributed by atoms with Gasteiger partial charge in [-0.1, -0.05) is 43.3 Å². The Labute approximate surface area is 159 Å². The molecule has 0 saturated carbocycles. The van der Waals surface area contributed by atoms with Gasteiger partial charge in [0.1, 0.15) is 0 Å². The summed E-state index contributed by atoms with van der Waals surface area (Å²) in [6.07, 6.45) is 0.926. The third-order valence-corrected chi connectivity index (χ3v) is 4.36. The molecule has 7 heteroatoms. The third kappa shape index (κ3) is 4.77. The zero-order valence-electron chi connectivity index (χ0n) is 15.6. The first-order valence-corrected chi connectivity index (χ1v) is 9.11. The molecule has 0 aliphatic heterocycles. The highest BCUT2D eigenvalue weighted by Crippen LogP contribution is 2.13. The number of hydrogen-bond donors (Lipinski definition) is 1. The van der Waals surface area contributed by atoms with E-state index in [0.717, 1.165) is 24.3 Å². The number of anilines is 1. The average Bonchev–Trinajstić information content (AvgIpc) is 3.17. The molecule has 1 heterocycles. The molecule has 0 spiro atoms. The van der Waals surface area contributed by atoms with E-state index in [-0.39, 0.29) is 11.9 Å². The van der Waals surface area contributed by atoms with Gasteiger partial charge in [-0.05, 0) is 54.6 Å². The van der Waals surface area contributed by atoms with Crippen LogP contribution in [-0.2, 0) is 11.3 Å². The van der Waals surface area contributed by atoms with Gasteiger partial charge in [0.05, 0.1) is 18.3 Å². The summed E-state index contributed by atoms with van der Waals surface area (Å²) in [6.45, 7) is 5.25. The van der Waals surface area contributed by atoms with E-state index in [1.165, 1.54) is 0 Å². The van der Waals surface area contributed by atoms with Crippen molar-refractivity contribution >= 4 is 11.6 Å². The van der Waals surface area contributed by atoms with Gasteiger partial charge in [0.25, 0.3) is 0 Å². The number of rotatable bonds is 8. The first kappa shape index (κ1) is 18.7. The van der Waals surface area contributed by atoms with Gasteiger partial charge in [0.15, 0.2) is 5.82 Å². The second kappa shape index (κ2) is 9.05. The first-order valence-electron chi connectivity index (χ1n) is 9.11. The van der Waals surface area contributed by atoms with E-state index in [9.17, 15) is 4.79 Å². The summed E-state index contributed by atoms with van der Waals surface area (Å²) in [6, 6.07) is 18.9. The maximum Gasteiger partial charge on any atom is 0.241 e. The van der Waals surface area contributed by atoms with Crippen molar-refractivity contribution in [3.8, 4) is 5.69 Å². The molecule has 1 aromatic heterocycles. The lowest BCUT2D eigenvalue weighted by Crippen LogP contribution is -2.42. The summed E-state index contributed by atoms with van der Waals surface area (Å²) in [5.74, 6) is 0.655. The summed E-state index contributed by atoms with van der Waals surface area (Å²) >= 11 is 0. The van der Waals surface area contributed by atoms with E-state index >= 15 is 0 Å². The summed E-state index contributed by atoms with van der Waals surface area (Å²) in [5, 5.41) is 15.1. The Morgan fingerprint density at radius 3 is 2.44 bits per heavy atom. The van der Waals surface area contributed by atoms with Crippen LogP contribution in [0.25, 0.3) is 5.69 Å². The molecule has 0 saturated heterocycles. The van der Waals surface area contributed by atoms with Crippen molar-refractivity contribution in [1.29, 1.82) is 0 Å². The maximum atomic E-state index is 12.7. The number of nitrogens with zero attached hydrogens (tertiary/aromatic N) is 5. The van der Waals surface area contributed by atoms with Crippen LogP contribution in [-0.4, -0.2) is 43.6 Å². The minimum atomic E-state index is -0.314. The highest BCUT2D eigenvalue weighted by Gasteiger charge is 2.23. The van der Waals surface area contributed by atoms with Crippen LogP contribution >= 0.6 is 0 Å². The predicted octanol–water partition coefficient (Wildman–Crippen LogP) is 2.90. The van der Waals surface area contributed by atoms with Crippen molar-refractivity contribution in [3.63, 3.8) is 0 Å². The molecule has 7 nitrogen and oxygen atoms in total. The van der Waals surface area contributed by atoms with E-state index in [1.54, 1.807) is 4.68 Å². The van der Waals surface area contributed by atoms with Crippen LogP contribution in [0.2, 0.25) is 0 Å². The standard InChI is InChI=1S/C20H24N6O/c1-3-14-25(16(2)20(27)21-17-10-6-4-7-11-17)15-19-22-23-24-26(19)18-12-8-5-9-13-18/h4-13,16H,3,14-15H2,1-2H3,(H,21,27). The summed E-state index contributed by atoms with van der Waals surface area (Å²) in [7, 11) is 0. The van der Waals surface area contributed by atoms with Gasteiger partial charge in [-0.2, -0.15) is 4.68 Å². The number of para-hydroxylation sites is 2. The van der Waals surface area contributed by atoms with Crippen molar-refractivity contribution in [2.75, 3.05) is 11.9 Å². The SMILES string of the molecule is CCCN(Cc1nnnn1-c1ccccc1)C(C)C(=O)Nc1ccccc1. The molecule has 0 aliphatic rings. The Balaban J connectivity index is 1.74. The Hall–Kier alpha value is -3.06. The molecule has 27 heavy (non-hydrogen) atoms. The first-order chi connectivity index (χ1) is 13.2. The van der Waals surface area contributed by atoms with E-state index in [4.69, 9.17) is 0 Å². The van der Waals surface area contributed by atoms with Crippen molar-refractivity contribution in [2.24, 2.45) is 0 Å². The fourth-order valence-corrected chi connectivity index (χ4v) is 2.89. The molecule has 1 unspecified atom stereocenters. The molecule has 3 aromatic rings. The molecule has 3 rings (SSSR count). The van der Waals surface area contributed by atoms with Crippen molar-refractivity contribution in [1.82, 2.24) is 25.1 Å². The van der Waals surface area contributed by atoms with Crippen LogP contribution in [0.3, 0.4) is 0 Å². The zero-order valence-corrected chi connectivity index (χ0v) is 15.6. The van der Waals surface area contributed by atoms with Crippen LogP contribution in [0.5, 0.6) is 0 Å².